The van der Waals surface area contributed by atoms with Gasteiger partial charge in [0.15, 0.2) is 17.3 Å². The summed E-state index contributed by atoms with van der Waals surface area (Å²) in [6.45, 7) is 5.85. The van der Waals surface area contributed by atoms with Crippen molar-refractivity contribution in [3.8, 4) is 22.6 Å². The Morgan fingerprint density at radius 1 is 0.920 bits per heavy atom. The van der Waals surface area contributed by atoms with Gasteiger partial charge in [0.1, 0.15) is 13.2 Å². The third-order valence-electron chi connectivity index (χ3n) is 4.61. The summed E-state index contributed by atoms with van der Waals surface area (Å²) in [5, 5.41) is 0. The molecule has 1 saturated heterocycles. The number of anilines is 1. The molecule has 0 atom stereocenters. The van der Waals surface area contributed by atoms with E-state index in [0.717, 1.165) is 54.6 Å². The quantitative estimate of drug-likeness (QED) is 0.804. The van der Waals surface area contributed by atoms with Crippen molar-refractivity contribution in [1.29, 1.82) is 0 Å². The molecule has 2 aliphatic heterocycles. The number of carbonyl (C=O) groups is 1. The number of hydrogen-bond acceptors (Lipinski definition) is 5. The minimum atomic E-state index is 0.0623. The lowest BCUT2D eigenvalue weighted by atomic mass is 9.98. The zero-order valence-electron chi connectivity index (χ0n) is 14.3. The molecule has 0 aliphatic carbocycles. The van der Waals surface area contributed by atoms with Crippen LogP contribution in [-0.2, 0) is 4.74 Å². The number of hydrogen-bond donors (Lipinski definition) is 0. The second-order valence-corrected chi connectivity index (χ2v) is 6.25. The number of ether oxygens (including phenoxy) is 3. The molecule has 1 fully saturated rings. The van der Waals surface area contributed by atoms with E-state index in [4.69, 9.17) is 14.2 Å². The van der Waals surface area contributed by atoms with Gasteiger partial charge >= 0.3 is 0 Å². The molecule has 2 aliphatic rings. The molecule has 0 aromatic heterocycles. The lowest BCUT2D eigenvalue weighted by molar-refractivity contribution is 0.101. The molecule has 2 aromatic carbocycles. The fourth-order valence-corrected chi connectivity index (χ4v) is 3.28. The normalized spacial score (nSPS) is 16.6. The lowest BCUT2D eigenvalue weighted by Gasteiger charge is -2.31. The molecule has 2 heterocycles. The van der Waals surface area contributed by atoms with Crippen molar-refractivity contribution in [2.24, 2.45) is 0 Å². The van der Waals surface area contributed by atoms with E-state index in [1.54, 1.807) is 6.92 Å². The van der Waals surface area contributed by atoms with E-state index >= 15 is 0 Å². The Kier molecular flexibility index (Phi) is 4.32. The Bertz CT molecular complexity index is 796. The molecule has 4 rings (SSSR count). The van der Waals surface area contributed by atoms with Crippen molar-refractivity contribution in [2.75, 3.05) is 44.4 Å². The SMILES string of the molecule is CC(=O)c1ccc(N2CCOCC2)c(-c2ccc3c(c2)OCCO3)c1. The molecule has 2 aromatic rings. The van der Waals surface area contributed by atoms with Crippen LogP contribution in [0, 0.1) is 0 Å². The highest BCUT2D eigenvalue weighted by Gasteiger charge is 2.19. The first-order valence-electron chi connectivity index (χ1n) is 8.60. The Balaban J connectivity index is 1.80. The Morgan fingerprint density at radius 2 is 1.68 bits per heavy atom. The highest BCUT2D eigenvalue weighted by atomic mass is 16.6. The van der Waals surface area contributed by atoms with Crippen LogP contribution in [0.25, 0.3) is 11.1 Å². The highest BCUT2D eigenvalue weighted by Crippen LogP contribution is 2.38. The minimum absolute atomic E-state index is 0.0623. The van der Waals surface area contributed by atoms with E-state index < -0.39 is 0 Å². The van der Waals surface area contributed by atoms with E-state index in [9.17, 15) is 4.79 Å². The maximum atomic E-state index is 11.9. The largest absolute Gasteiger partial charge is 0.486 e. The number of fused-ring (bicyclic) bond motifs is 1. The van der Waals surface area contributed by atoms with Crippen molar-refractivity contribution in [3.63, 3.8) is 0 Å². The molecule has 0 amide bonds. The van der Waals surface area contributed by atoms with Crippen LogP contribution >= 0.6 is 0 Å². The smallest absolute Gasteiger partial charge is 0.161 e. The summed E-state index contributed by atoms with van der Waals surface area (Å²) in [4.78, 5) is 14.2. The summed E-state index contributed by atoms with van der Waals surface area (Å²) in [6.07, 6.45) is 0. The van der Waals surface area contributed by atoms with Gasteiger partial charge in [-0.05, 0) is 42.8 Å². The van der Waals surface area contributed by atoms with E-state index in [2.05, 4.69) is 4.90 Å². The Labute approximate surface area is 147 Å². The molecule has 0 N–H and O–H groups in total. The van der Waals surface area contributed by atoms with Crippen LogP contribution in [0.3, 0.4) is 0 Å². The average Bonchev–Trinajstić information content (AvgIpc) is 2.68. The average molecular weight is 339 g/mol. The van der Waals surface area contributed by atoms with Gasteiger partial charge < -0.3 is 19.1 Å². The van der Waals surface area contributed by atoms with Gasteiger partial charge in [-0.15, -0.1) is 0 Å². The number of morpholine rings is 1. The van der Waals surface area contributed by atoms with Crippen LogP contribution in [0.2, 0.25) is 0 Å². The van der Waals surface area contributed by atoms with Crippen LogP contribution in [0.4, 0.5) is 5.69 Å². The molecule has 25 heavy (non-hydrogen) atoms. The van der Waals surface area contributed by atoms with Crippen molar-refractivity contribution >= 4 is 11.5 Å². The number of rotatable bonds is 3. The first kappa shape index (κ1) is 16.0. The topological polar surface area (TPSA) is 48.0 Å². The number of benzene rings is 2. The van der Waals surface area contributed by atoms with Crippen LogP contribution in [0.5, 0.6) is 11.5 Å². The van der Waals surface area contributed by atoms with Crippen molar-refractivity contribution in [3.05, 3.63) is 42.0 Å². The van der Waals surface area contributed by atoms with Gasteiger partial charge in [-0.3, -0.25) is 4.79 Å². The molecule has 0 radical (unpaired) electrons. The standard InChI is InChI=1S/C20H21NO4/c1-14(22)15-2-4-18(21-6-8-23-9-7-21)17(12-15)16-3-5-19-20(13-16)25-11-10-24-19/h2-5,12-13H,6-11H2,1H3. The van der Waals surface area contributed by atoms with E-state index in [-0.39, 0.29) is 5.78 Å². The molecule has 0 bridgehead atoms. The maximum absolute atomic E-state index is 11.9. The molecule has 0 saturated carbocycles. The number of ketones is 1. The van der Waals surface area contributed by atoms with Gasteiger partial charge in [-0.1, -0.05) is 6.07 Å². The second kappa shape index (κ2) is 6.76. The van der Waals surface area contributed by atoms with Gasteiger partial charge in [-0.2, -0.15) is 0 Å². The summed E-state index contributed by atoms with van der Waals surface area (Å²) < 4.78 is 16.8. The monoisotopic (exact) mass is 339 g/mol. The first-order chi connectivity index (χ1) is 12.2. The summed E-state index contributed by atoms with van der Waals surface area (Å²) >= 11 is 0. The Hall–Kier alpha value is -2.53. The zero-order chi connectivity index (χ0) is 17.2. The van der Waals surface area contributed by atoms with Crippen molar-refractivity contribution in [1.82, 2.24) is 0 Å². The molecule has 130 valence electrons. The maximum Gasteiger partial charge on any atom is 0.161 e. The van der Waals surface area contributed by atoms with Gasteiger partial charge in [0.05, 0.1) is 13.2 Å². The molecular weight excluding hydrogens is 318 g/mol. The van der Waals surface area contributed by atoms with E-state index in [1.165, 1.54) is 0 Å². The van der Waals surface area contributed by atoms with Crippen molar-refractivity contribution in [2.45, 2.75) is 6.92 Å². The molecule has 0 unspecified atom stereocenters. The summed E-state index contributed by atoms with van der Waals surface area (Å²) in [5.41, 5.74) is 3.88. The molecule has 5 nitrogen and oxygen atoms in total. The number of nitrogens with zero attached hydrogens (tertiary/aromatic N) is 1. The number of carbonyl (C=O) groups excluding carboxylic acids is 1. The Morgan fingerprint density at radius 3 is 2.44 bits per heavy atom. The van der Waals surface area contributed by atoms with Crippen LogP contribution in [-0.4, -0.2) is 45.3 Å². The highest BCUT2D eigenvalue weighted by molar-refractivity contribution is 5.97. The summed E-state index contributed by atoms with van der Waals surface area (Å²) in [5.74, 6) is 1.59. The first-order valence-corrected chi connectivity index (χ1v) is 8.60. The molecule has 5 heteroatoms. The van der Waals surface area contributed by atoms with Gasteiger partial charge in [0.25, 0.3) is 0 Å². The van der Waals surface area contributed by atoms with Crippen LogP contribution in [0.15, 0.2) is 36.4 Å². The van der Waals surface area contributed by atoms with E-state index in [0.29, 0.717) is 18.8 Å². The van der Waals surface area contributed by atoms with Crippen molar-refractivity contribution < 1.29 is 19.0 Å². The number of Topliss-reactive ketones (excluding diaryl/α,β-unsaturated/α-hetero) is 1. The van der Waals surface area contributed by atoms with Gasteiger partial charge in [0.2, 0.25) is 0 Å². The minimum Gasteiger partial charge on any atom is -0.486 e. The van der Waals surface area contributed by atoms with Gasteiger partial charge in [0, 0.05) is 29.9 Å². The third-order valence-corrected chi connectivity index (χ3v) is 4.61. The molecule has 0 spiro atoms. The summed E-state index contributed by atoms with van der Waals surface area (Å²) in [7, 11) is 0. The molecular formula is C20H21NO4. The summed E-state index contributed by atoms with van der Waals surface area (Å²) in [6, 6.07) is 11.9. The predicted octanol–water partition coefficient (Wildman–Crippen LogP) is 3.16. The zero-order valence-corrected chi connectivity index (χ0v) is 14.3. The van der Waals surface area contributed by atoms with Crippen LogP contribution in [0.1, 0.15) is 17.3 Å². The fourth-order valence-electron chi connectivity index (χ4n) is 3.28. The predicted molar refractivity (Wildman–Crippen MR) is 95.9 cm³/mol. The van der Waals surface area contributed by atoms with Gasteiger partial charge in [-0.25, -0.2) is 0 Å². The lowest BCUT2D eigenvalue weighted by Crippen LogP contribution is -2.36. The van der Waals surface area contributed by atoms with Crippen LogP contribution < -0.4 is 14.4 Å². The third kappa shape index (κ3) is 3.20. The second-order valence-electron chi connectivity index (χ2n) is 6.25. The van der Waals surface area contributed by atoms with E-state index in [1.807, 2.05) is 36.4 Å². The fraction of sp³-hybridized carbons (Fsp3) is 0.350.